The van der Waals surface area contributed by atoms with Crippen molar-refractivity contribution in [2.24, 2.45) is 4.40 Å². The highest BCUT2D eigenvalue weighted by molar-refractivity contribution is 7.85. The van der Waals surface area contributed by atoms with Crippen LogP contribution in [0, 0.1) is 0 Å². The highest BCUT2D eigenvalue weighted by Gasteiger charge is 2.17. The van der Waals surface area contributed by atoms with E-state index in [1.54, 1.807) is 20.8 Å². The third-order valence-electron chi connectivity index (χ3n) is 0.812. The summed E-state index contributed by atoms with van der Waals surface area (Å²) in [4.78, 5) is 0. The Morgan fingerprint density at radius 3 is 2.36 bits per heavy atom. The van der Waals surface area contributed by atoms with Gasteiger partial charge in [0, 0.05) is 0 Å². The second-order valence-electron chi connectivity index (χ2n) is 3.04. The molecule has 0 aliphatic heterocycles. The Morgan fingerprint density at radius 2 is 2.09 bits per heavy atom. The van der Waals surface area contributed by atoms with Crippen molar-refractivity contribution in [2.45, 2.75) is 25.5 Å². The molecule has 0 radical (unpaired) electrons. The van der Waals surface area contributed by atoms with Crippen LogP contribution >= 0.6 is 0 Å². The Balaban J connectivity index is 4.20. The standard InChI is InChI=1S/C7H12FNOS/c1-6(8)5-9-11(10)7(2,3)4/h5H,1H2,2-4H3. The van der Waals surface area contributed by atoms with Crippen molar-refractivity contribution < 1.29 is 8.60 Å². The fraction of sp³-hybridized carbons (Fsp3) is 0.571. The van der Waals surface area contributed by atoms with Crippen molar-refractivity contribution >= 4 is 17.2 Å². The maximum Gasteiger partial charge on any atom is 0.144 e. The van der Waals surface area contributed by atoms with E-state index in [1.165, 1.54) is 0 Å². The van der Waals surface area contributed by atoms with E-state index < -0.39 is 21.6 Å². The molecule has 1 unspecified atom stereocenters. The molecule has 0 aliphatic rings. The average Bonchev–Trinajstić information content (AvgIpc) is 1.80. The van der Waals surface area contributed by atoms with Gasteiger partial charge in [-0.25, -0.2) is 8.60 Å². The van der Waals surface area contributed by atoms with Gasteiger partial charge in [0.2, 0.25) is 0 Å². The average molecular weight is 177 g/mol. The zero-order valence-electron chi connectivity index (χ0n) is 6.93. The third kappa shape index (κ3) is 4.84. The SMILES string of the molecule is C=C(F)C=NS(=O)C(C)(C)C. The summed E-state index contributed by atoms with van der Waals surface area (Å²) in [6.07, 6.45) is 0.876. The molecule has 0 aromatic heterocycles. The molecule has 0 spiro atoms. The molecule has 0 fully saturated rings. The first kappa shape index (κ1) is 10.5. The van der Waals surface area contributed by atoms with Crippen LogP contribution in [-0.2, 0) is 11.0 Å². The second kappa shape index (κ2) is 3.76. The van der Waals surface area contributed by atoms with E-state index in [1.807, 2.05) is 0 Å². The second-order valence-corrected chi connectivity index (χ2v) is 4.98. The van der Waals surface area contributed by atoms with Gasteiger partial charge in [-0.15, -0.1) is 0 Å². The Bertz CT molecular complexity index is 205. The molecule has 2 nitrogen and oxygen atoms in total. The third-order valence-corrected chi connectivity index (χ3v) is 2.16. The fourth-order valence-corrected chi connectivity index (χ4v) is 0.790. The van der Waals surface area contributed by atoms with Crippen LogP contribution in [0.2, 0.25) is 0 Å². The number of rotatable bonds is 2. The lowest BCUT2D eigenvalue weighted by atomic mass is 10.3. The molecule has 1 atom stereocenters. The summed E-state index contributed by atoms with van der Waals surface area (Å²) < 4.78 is 26.1. The molecule has 64 valence electrons. The Labute approximate surface area is 68.8 Å². The summed E-state index contributed by atoms with van der Waals surface area (Å²) in [5.74, 6) is -0.678. The van der Waals surface area contributed by atoms with Crippen LogP contribution in [0.3, 0.4) is 0 Å². The van der Waals surface area contributed by atoms with E-state index in [0.29, 0.717) is 0 Å². The zero-order chi connectivity index (χ0) is 9.07. The lowest BCUT2D eigenvalue weighted by Gasteiger charge is -2.12. The highest BCUT2D eigenvalue weighted by atomic mass is 32.2. The van der Waals surface area contributed by atoms with Gasteiger partial charge in [-0.1, -0.05) is 6.58 Å². The van der Waals surface area contributed by atoms with Crippen LogP contribution in [0.5, 0.6) is 0 Å². The molecule has 0 saturated carbocycles. The van der Waals surface area contributed by atoms with Crippen LogP contribution in [0.25, 0.3) is 0 Å². The van der Waals surface area contributed by atoms with Gasteiger partial charge in [0.1, 0.15) is 16.8 Å². The maximum atomic E-state index is 12.0. The molecule has 0 N–H and O–H groups in total. The highest BCUT2D eigenvalue weighted by Crippen LogP contribution is 2.11. The first-order chi connectivity index (χ1) is 4.84. The van der Waals surface area contributed by atoms with Gasteiger partial charge in [-0.2, -0.15) is 4.40 Å². The Kier molecular flexibility index (Phi) is 3.58. The van der Waals surface area contributed by atoms with Gasteiger partial charge in [0.25, 0.3) is 0 Å². The molecule has 4 heteroatoms. The quantitative estimate of drug-likeness (QED) is 0.593. The summed E-state index contributed by atoms with van der Waals surface area (Å²) in [5.41, 5.74) is 0. The molecule has 0 aromatic rings. The lowest BCUT2D eigenvalue weighted by molar-refractivity contribution is 0.650. The minimum atomic E-state index is -1.39. The van der Waals surface area contributed by atoms with Gasteiger partial charge >= 0.3 is 0 Å². The summed E-state index contributed by atoms with van der Waals surface area (Å²) in [6, 6.07) is 0. The molecule has 11 heavy (non-hydrogen) atoms. The molecule has 0 aliphatic carbocycles. The molecule has 0 saturated heterocycles. The maximum absolute atomic E-state index is 12.0. The molecule has 0 bridgehead atoms. The molecule has 0 aromatic carbocycles. The van der Waals surface area contributed by atoms with E-state index in [9.17, 15) is 8.60 Å². The van der Waals surface area contributed by atoms with E-state index in [2.05, 4.69) is 11.0 Å². The number of hydrogen-bond donors (Lipinski definition) is 0. The van der Waals surface area contributed by atoms with Crippen LogP contribution in [-0.4, -0.2) is 15.2 Å². The minimum Gasteiger partial charge on any atom is -0.234 e. The molecular formula is C7H12FNOS. The van der Waals surface area contributed by atoms with Crippen molar-refractivity contribution in [1.29, 1.82) is 0 Å². The number of halogens is 1. The molecule has 0 amide bonds. The van der Waals surface area contributed by atoms with Gasteiger partial charge < -0.3 is 0 Å². The van der Waals surface area contributed by atoms with Crippen molar-refractivity contribution in [3.8, 4) is 0 Å². The molecular weight excluding hydrogens is 165 g/mol. The van der Waals surface area contributed by atoms with Crippen molar-refractivity contribution in [3.05, 3.63) is 12.4 Å². The Morgan fingerprint density at radius 1 is 1.64 bits per heavy atom. The van der Waals surface area contributed by atoms with Crippen LogP contribution in [0.4, 0.5) is 4.39 Å². The fourth-order valence-electron chi connectivity index (χ4n) is 0.263. The monoisotopic (exact) mass is 177 g/mol. The predicted molar refractivity (Wildman–Crippen MR) is 46.6 cm³/mol. The van der Waals surface area contributed by atoms with E-state index in [-0.39, 0.29) is 0 Å². The summed E-state index contributed by atoms with van der Waals surface area (Å²) >= 11 is 0. The van der Waals surface area contributed by atoms with Crippen LogP contribution in [0.1, 0.15) is 20.8 Å². The van der Waals surface area contributed by atoms with Crippen LogP contribution in [0.15, 0.2) is 16.8 Å². The number of hydrogen-bond acceptors (Lipinski definition) is 1. The van der Waals surface area contributed by atoms with Gasteiger partial charge in [-0.3, -0.25) is 0 Å². The predicted octanol–water partition coefficient (Wildman–Crippen LogP) is 2.00. The van der Waals surface area contributed by atoms with E-state index in [4.69, 9.17) is 0 Å². The van der Waals surface area contributed by atoms with Crippen LogP contribution < -0.4 is 0 Å². The van der Waals surface area contributed by atoms with Gasteiger partial charge in [0.15, 0.2) is 0 Å². The molecule has 0 rings (SSSR count). The van der Waals surface area contributed by atoms with E-state index >= 15 is 0 Å². The summed E-state index contributed by atoms with van der Waals surface area (Å²) in [5, 5.41) is 0. The topological polar surface area (TPSA) is 29.4 Å². The minimum absolute atomic E-state index is 0.439. The van der Waals surface area contributed by atoms with Crippen molar-refractivity contribution in [2.75, 3.05) is 0 Å². The lowest BCUT2D eigenvalue weighted by Crippen LogP contribution is -2.19. The first-order valence-corrected chi connectivity index (χ1v) is 4.25. The van der Waals surface area contributed by atoms with E-state index in [0.717, 1.165) is 6.21 Å². The summed E-state index contributed by atoms with van der Waals surface area (Å²) in [6.45, 7) is 8.25. The van der Waals surface area contributed by atoms with Gasteiger partial charge in [0.05, 0.1) is 11.0 Å². The van der Waals surface area contributed by atoms with Gasteiger partial charge in [-0.05, 0) is 20.8 Å². The zero-order valence-corrected chi connectivity index (χ0v) is 7.74. The smallest absolute Gasteiger partial charge is 0.144 e. The molecule has 0 heterocycles. The van der Waals surface area contributed by atoms with Crippen molar-refractivity contribution in [1.82, 2.24) is 0 Å². The largest absolute Gasteiger partial charge is 0.234 e. The summed E-state index contributed by atoms with van der Waals surface area (Å²) in [7, 11) is -1.39. The Hall–Kier alpha value is -0.510. The normalized spacial score (nSPS) is 15.3. The first-order valence-electron chi connectivity index (χ1n) is 3.14. The number of nitrogens with zero attached hydrogens (tertiary/aromatic N) is 1. The van der Waals surface area contributed by atoms with Crippen molar-refractivity contribution in [3.63, 3.8) is 0 Å². The number of allylic oxidation sites excluding steroid dienone is 1.